The molecule has 3 nitrogen and oxygen atoms in total. The molecule has 0 aromatic heterocycles. The van der Waals surface area contributed by atoms with Crippen LogP contribution in [0, 0.1) is 13.8 Å². The van der Waals surface area contributed by atoms with E-state index in [4.69, 9.17) is 15.4 Å². The first-order valence-electron chi connectivity index (χ1n) is 5.61. The summed E-state index contributed by atoms with van der Waals surface area (Å²) in [6.07, 6.45) is 0.853. The van der Waals surface area contributed by atoms with Crippen molar-refractivity contribution in [2.24, 2.45) is 0 Å². The first-order chi connectivity index (χ1) is 8.27. The number of rotatable bonds is 5. The van der Waals surface area contributed by atoms with E-state index in [1.54, 1.807) is 13.0 Å². The summed E-state index contributed by atoms with van der Waals surface area (Å²) in [5.41, 5.74) is 2.38. The van der Waals surface area contributed by atoms with Gasteiger partial charge in [-0.15, -0.1) is 0 Å². The summed E-state index contributed by atoms with van der Waals surface area (Å²) in [6.45, 7) is 9.82. The van der Waals surface area contributed by atoms with Gasteiger partial charge in [-0.1, -0.05) is 13.5 Å². The van der Waals surface area contributed by atoms with Crippen LogP contribution in [-0.4, -0.2) is 15.0 Å². The Morgan fingerprint density at radius 3 is 2.44 bits per heavy atom. The molecule has 100 valence electrons. The van der Waals surface area contributed by atoms with Crippen LogP contribution >= 0.6 is 10.7 Å². The average Bonchev–Trinajstić information content (AvgIpc) is 2.28. The van der Waals surface area contributed by atoms with E-state index in [1.165, 1.54) is 6.07 Å². The highest BCUT2D eigenvalue weighted by atomic mass is 35.7. The van der Waals surface area contributed by atoms with Gasteiger partial charge in [0, 0.05) is 10.7 Å². The quantitative estimate of drug-likeness (QED) is 0.614. The highest BCUT2D eigenvalue weighted by Crippen LogP contribution is 2.29. The van der Waals surface area contributed by atoms with E-state index in [1.807, 2.05) is 13.8 Å². The van der Waals surface area contributed by atoms with Crippen molar-refractivity contribution in [2.75, 3.05) is 6.61 Å². The number of hydrogen-bond donors (Lipinski definition) is 0. The van der Waals surface area contributed by atoms with Crippen molar-refractivity contribution < 1.29 is 13.2 Å². The Labute approximate surface area is 113 Å². The van der Waals surface area contributed by atoms with Crippen molar-refractivity contribution in [3.63, 3.8) is 0 Å². The number of benzene rings is 1. The zero-order chi connectivity index (χ0) is 13.9. The lowest BCUT2D eigenvalue weighted by molar-refractivity contribution is 0.346. The highest BCUT2D eigenvalue weighted by molar-refractivity contribution is 8.13. The van der Waals surface area contributed by atoms with Crippen LogP contribution in [0.5, 0.6) is 5.75 Å². The normalized spacial score (nSPS) is 11.3. The Bertz CT molecular complexity index is 562. The standard InChI is InChI=1S/C13H17ClO3S/c1-5-9(2)8-17-12-6-7-13(18(14,15)16)11(4)10(12)3/h6-7H,2,5,8H2,1,3-4H3. The number of hydrogen-bond acceptors (Lipinski definition) is 3. The zero-order valence-corrected chi connectivity index (χ0v) is 12.4. The third kappa shape index (κ3) is 3.50. The molecule has 0 saturated carbocycles. The fourth-order valence-electron chi connectivity index (χ4n) is 1.47. The predicted octanol–water partition coefficient (Wildman–Crippen LogP) is 3.58. The average molecular weight is 289 g/mol. The molecule has 5 heteroatoms. The second-order valence-corrected chi connectivity index (χ2v) is 6.68. The van der Waals surface area contributed by atoms with Gasteiger partial charge in [0.05, 0.1) is 4.90 Å². The minimum atomic E-state index is -3.71. The van der Waals surface area contributed by atoms with Gasteiger partial charge in [0.15, 0.2) is 0 Å². The Hall–Kier alpha value is -1.00. The van der Waals surface area contributed by atoms with E-state index < -0.39 is 9.05 Å². The molecule has 0 heterocycles. The van der Waals surface area contributed by atoms with Crippen LogP contribution in [-0.2, 0) is 9.05 Å². The number of halogens is 1. The molecule has 1 aromatic carbocycles. The summed E-state index contributed by atoms with van der Waals surface area (Å²) < 4.78 is 28.3. The van der Waals surface area contributed by atoms with Crippen molar-refractivity contribution in [1.82, 2.24) is 0 Å². The van der Waals surface area contributed by atoms with E-state index in [9.17, 15) is 8.42 Å². The largest absolute Gasteiger partial charge is 0.489 e. The molecular weight excluding hydrogens is 272 g/mol. The fraction of sp³-hybridized carbons (Fsp3) is 0.385. The van der Waals surface area contributed by atoms with Crippen molar-refractivity contribution in [3.8, 4) is 5.75 Å². The van der Waals surface area contributed by atoms with Crippen LogP contribution in [0.4, 0.5) is 0 Å². The van der Waals surface area contributed by atoms with E-state index in [0.717, 1.165) is 17.6 Å². The fourth-order valence-corrected chi connectivity index (χ4v) is 2.72. The topological polar surface area (TPSA) is 43.4 Å². The van der Waals surface area contributed by atoms with Crippen molar-refractivity contribution >= 4 is 19.7 Å². The van der Waals surface area contributed by atoms with E-state index in [2.05, 4.69) is 6.58 Å². The summed E-state index contributed by atoms with van der Waals surface area (Å²) in [6, 6.07) is 3.09. The Kier molecular flexibility index (Phi) is 4.82. The molecule has 0 unspecified atom stereocenters. The molecule has 0 bridgehead atoms. The molecule has 0 atom stereocenters. The summed E-state index contributed by atoms with van der Waals surface area (Å²) in [7, 11) is 1.65. The first-order valence-corrected chi connectivity index (χ1v) is 7.92. The van der Waals surface area contributed by atoms with Gasteiger partial charge in [-0.3, -0.25) is 0 Å². The van der Waals surface area contributed by atoms with Crippen LogP contribution in [0.15, 0.2) is 29.2 Å². The molecule has 1 rings (SSSR count). The maximum atomic E-state index is 11.3. The van der Waals surface area contributed by atoms with Crippen LogP contribution in [0.25, 0.3) is 0 Å². The monoisotopic (exact) mass is 288 g/mol. The lowest BCUT2D eigenvalue weighted by atomic mass is 10.1. The van der Waals surface area contributed by atoms with Gasteiger partial charge in [0.1, 0.15) is 12.4 Å². The van der Waals surface area contributed by atoms with Crippen LogP contribution in [0.2, 0.25) is 0 Å². The zero-order valence-electron chi connectivity index (χ0n) is 10.8. The summed E-state index contributed by atoms with van der Waals surface area (Å²) in [4.78, 5) is 0.128. The minimum absolute atomic E-state index is 0.128. The molecule has 0 aliphatic rings. The smallest absolute Gasteiger partial charge is 0.261 e. The molecule has 0 spiro atoms. The molecule has 0 aliphatic carbocycles. The molecule has 18 heavy (non-hydrogen) atoms. The Balaban J connectivity index is 3.06. The van der Waals surface area contributed by atoms with Gasteiger partial charge in [-0.2, -0.15) is 0 Å². The Morgan fingerprint density at radius 2 is 1.94 bits per heavy atom. The summed E-state index contributed by atoms with van der Waals surface area (Å²) >= 11 is 0. The van der Waals surface area contributed by atoms with Crippen molar-refractivity contribution in [1.29, 1.82) is 0 Å². The van der Waals surface area contributed by atoms with Crippen LogP contribution in [0.3, 0.4) is 0 Å². The van der Waals surface area contributed by atoms with Crippen LogP contribution in [0.1, 0.15) is 24.5 Å². The minimum Gasteiger partial charge on any atom is -0.489 e. The lowest BCUT2D eigenvalue weighted by Gasteiger charge is -2.13. The Morgan fingerprint density at radius 1 is 1.33 bits per heavy atom. The maximum Gasteiger partial charge on any atom is 0.261 e. The molecule has 0 saturated heterocycles. The summed E-state index contributed by atoms with van der Waals surface area (Å²) in [5.74, 6) is 0.658. The molecule has 1 aromatic rings. The second kappa shape index (κ2) is 5.76. The van der Waals surface area contributed by atoms with Gasteiger partial charge >= 0.3 is 0 Å². The molecule has 0 fully saturated rings. The third-order valence-corrected chi connectivity index (χ3v) is 4.35. The molecule has 0 radical (unpaired) electrons. The maximum absolute atomic E-state index is 11.3. The number of ether oxygens (including phenoxy) is 1. The SMILES string of the molecule is C=C(CC)COc1ccc(S(=O)(=O)Cl)c(C)c1C. The molecule has 0 aliphatic heterocycles. The first kappa shape index (κ1) is 15.1. The van der Waals surface area contributed by atoms with E-state index >= 15 is 0 Å². The molecule has 0 amide bonds. The lowest BCUT2D eigenvalue weighted by Crippen LogP contribution is -2.04. The molecular formula is C13H17ClO3S. The summed E-state index contributed by atoms with van der Waals surface area (Å²) in [5, 5.41) is 0. The van der Waals surface area contributed by atoms with E-state index in [-0.39, 0.29) is 4.90 Å². The van der Waals surface area contributed by atoms with Crippen molar-refractivity contribution in [3.05, 3.63) is 35.4 Å². The second-order valence-electron chi connectivity index (χ2n) is 4.14. The highest BCUT2D eigenvalue weighted by Gasteiger charge is 2.16. The third-order valence-electron chi connectivity index (χ3n) is 2.88. The van der Waals surface area contributed by atoms with Gasteiger partial charge in [0.25, 0.3) is 9.05 Å². The molecule has 0 N–H and O–H groups in total. The van der Waals surface area contributed by atoms with E-state index in [0.29, 0.717) is 17.9 Å². The van der Waals surface area contributed by atoms with Gasteiger partial charge in [-0.25, -0.2) is 8.42 Å². The predicted molar refractivity (Wildman–Crippen MR) is 73.9 cm³/mol. The van der Waals surface area contributed by atoms with Crippen LogP contribution < -0.4 is 4.74 Å². The van der Waals surface area contributed by atoms with Gasteiger partial charge in [-0.05, 0) is 49.1 Å². The van der Waals surface area contributed by atoms with Gasteiger partial charge in [0.2, 0.25) is 0 Å². The van der Waals surface area contributed by atoms with Gasteiger partial charge < -0.3 is 4.74 Å². The van der Waals surface area contributed by atoms with Crippen molar-refractivity contribution in [2.45, 2.75) is 32.1 Å².